The lowest BCUT2D eigenvalue weighted by molar-refractivity contribution is 0.0216. The predicted molar refractivity (Wildman–Crippen MR) is 194 cm³/mol. The van der Waals surface area contributed by atoms with Gasteiger partial charge in [0, 0.05) is 72.5 Å². The van der Waals surface area contributed by atoms with Crippen molar-refractivity contribution in [2.45, 2.75) is 116 Å². The van der Waals surface area contributed by atoms with Crippen molar-refractivity contribution in [2.75, 3.05) is 26.3 Å². The molecule has 9 nitrogen and oxygen atoms in total. The van der Waals surface area contributed by atoms with Gasteiger partial charge in [0.05, 0.1) is 13.2 Å². The number of amides is 2. The molecule has 0 unspecified atom stereocenters. The van der Waals surface area contributed by atoms with Gasteiger partial charge in [-0.1, -0.05) is 36.4 Å². The number of nitrogens with zero attached hydrogens (tertiary/aromatic N) is 4. The first-order valence-electron chi connectivity index (χ1n) is 18.1. The molecule has 264 valence electrons. The van der Waals surface area contributed by atoms with Crippen molar-refractivity contribution in [1.82, 2.24) is 18.9 Å². The Morgan fingerprint density at radius 1 is 0.653 bits per heavy atom. The lowest BCUT2D eigenvalue weighted by Gasteiger charge is -2.28. The Kier molecular flexibility index (Phi) is 10.3. The van der Waals surface area contributed by atoms with Gasteiger partial charge in [-0.25, -0.2) is 9.59 Å². The average molecular weight is 671 g/mol. The van der Waals surface area contributed by atoms with E-state index in [1.807, 2.05) is 51.3 Å². The maximum absolute atomic E-state index is 12.9. The minimum absolute atomic E-state index is 0.140. The molecule has 2 fully saturated rings. The summed E-state index contributed by atoms with van der Waals surface area (Å²) in [6.45, 7) is 15.7. The van der Waals surface area contributed by atoms with E-state index < -0.39 is 11.2 Å². The summed E-state index contributed by atoms with van der Waals surface area (Å²) in [5, 5.41) is 2.47. The van der Waals surface area contributed by atoms with Crippen molar-refractivity contribution in [3.8, 4) is 0 Å². The molecule has 0 spiro atoms. The molecule has 0 radical (unpaired) electrons. The molecule has 4 aromatic rings. The lowest BCUT2D eigenvalue weighted by atomic mass is 10.0. The topological polar surface area (TPSA) is 78.2 Å². The van der Waals surface area contributed by atoms with Crippen molar-refractivity contribution in [3.05, 3.63) is 72.1 Å². The molecule has 9 heteroatoms. The Morgan fingerprint density at radius 2 is 1.06 bits per heavy atom. The highest BCUT2D eigenvalue weighted by Crippen LogP contribution is 2.30. The minimum atomic E-state index is -0.502. The van der Waals surface area contributed by atoms with Crippen LogP contribution < -0.4 is 0 Å². The molecule has 2 aromatic carbocycles. The van der Waals surface area contributed by atoms with Gasteiger partial charge >= 0.3 is 12.2 Å². The molecule has 0 aliphatic carbocycles. The molecule has 2 saturated heterocycles. The van der Waals surface area contributed by atoms with Gasteiger partial charge in [-0.15, -0.1) is 0 Å². The second-order valence-electron chi connectivity index (χ2n) is 15.7. The van der Waals surface area contributed by atoms with E-state index in [4.69, 9.17) is 14.2 Å². The van der Waals surface area contributed by atoms with Crippen molar-refractivity contribution in [2.24, 2.45) is 0 Å². The number of carbonyl (C=O) groups excluding carboxylic acids is 2. The number of hydrogen-bond acceptors (Lipinski definition) is 5. The Hall–Kier alpha value is -3.98. The number of ether oxygens (including phenoxy) is 3. The number of carbonyl (C=O) groups is 2. The second kappa shape index (κ2) is 14.5. The van der Waals surface area contributed by atoms with Crippen LogP contribution in [0.15, 0.2) is 60.9 Å². The highest BCUT2D eigenvalue weighted by atomic mass is 16.6. The number of rotatable bonds is 10. The SMILES string of the molecule is CC(C)(C)OC(=O)N1CCC[C@H]1Cc1cn(CCOCCn2cc(C[C@@H]3CCCN3C(=O)OC(C)(C)C)c3ccccc32)c2ccccc12. The molecular formula is C40H54N4O5. The first kappa shape index (κ1) is 34.9. The zero-order valence-corrected chi connectivity index (χ0v) is 30.2. The Bertz CT molecular complexity index is 1630. The van der Waals surface area contributed by atoms with E-state index >= 15 is 0 Å². The first-order chi connectivity index (χ1) is 23.4. The normalized spacial score (nSPS) is 18.6. The third kappa shape index (κ3) is 8.43. The van der Waals surface area contributed by atoms with Gasteiger partial charge in [-0.05, 0) is 103 Å². The molecule has 2 aromatic heterocycles. The summed E-state index contributed by atoms with van der Waals surface area (Å²) < 4.78 is 22.2. The van der Waals surface area contributed by atoms with Crippen LogP contribution in [0.25, 0.3) is 21.8 Å². The summed E-state index contributed by atoms with van der Waals surface area (Å²) in [6.07, 6.45) is 9.66. The molecular weight excluding hydrogens is 616 g/mol. The molecule has 4 heterocycles. The fourth-order valence-electron chi connectivity index (χ4n) is 7.49. The lowest BCUT2D eigenvalue weighted by Crippen LogP contribution is -2.40. The summed E-state index contributed by atoms with van der Waals surface area (Å²) in [5.74, 6) is 0. The maximum Gasteiger partial charge on any atom is 0.410 e. The van der Waals surface area contributed by atoms with E-state index in [1.165, 1.54) is 32.9 Å². The van der Waals surface area contributed by atoms with E-state index in [9.17, 15) is 9.59 Å². The van der Waals surface area contributed by atoms with Crippen LogP contribution in [0, 0.1) is 0 Å². The average Bonchev–Trinajstić information content (AvgIpc) is 3.83. The molecule has 0 bridgehead atoms. The zero-order valence-electron chi connectivity index (χ0n) is 30.2. The van der Waals surface area contributed by atoms with Crippen LogP contribution in [0.5, 0.6) is 0 Å². The quantitative estimate of drug-likeness (QED) is 0.159. The van der Waals surface area contributed by atoms with Gasteiger partial charge in [0.15, 0.2) is 0 Å². The third-order valence-corrected chi connectivity index (χ3v) is 9.62. The van der Waals surface area contributed by atoms with Gasteiger partial charge in [0.25, 0.3) is 0 Å². The fraction of sp³-hybridized carbons (Fsp3) is 0.550. The van der Waals surface area contributed by atoms with Crippen LogP contribution in [0.2, 0.25) is 0 Å². The van der Waals surface area contributed by atoms with E-state index in [-0.39, 0.29) is 24.3 Å². The van der Waals surface area contributed by atoms with Crippen molar-refractivity contribution < 1.29 is 23.8 Å². The second-order valence-corrected chi connectivity index (χ2v) is 15.7. The molecule has 49 heavy (non-hydrogen) atoms. The van der Waals surface area contributed by atoms with E-state index in [0.717, 1.165) is 64.7 Å². The van der Waals surface area contributed by atoms with Crippen LogP contribution in [0.3, 0.4) is 0 Å². The molecule has 2 atom stereocenters. The van der Waals surface area contributed by atoms with Crippen LogP contribution in [-0.2, 0) is 40.1 Å². The van der Waals surface area contributed by atoms with Crippen LogP contribution in [-0.4, -0.2) is 80.7 Å². The van der Waals surface area contributed by atoms with E-state index in [2.05, 4.69) is 70.1 Å². The van der Waals surface area contributed by atoms with Crippen LogP contribution in [0.4, 0.5) is 9.59 Å². The van der Waals surface area contributed by atoms with Gasteiger partial charge < -0.3 is 33.1 Å². The molecule has 2 aliphatic heterocycles. The molecule has 0 saturated carbocycles. The molecule has 0 N–H and O–H groups in total. The van der Waals surface area contributed by atoms with Gasteiger partial charge in [0.2, 0.25) is 0 Å². The monoisotopic (exact) mass is 670 g/mol. The number of hydrogen-bond donors (Lipinski definition) is 0. The van der Waals surface area contributed by atoms with Gasteiger partial charge in [-0.2, -0.15) is 0 Å². The van der Waals surface area contributed by atoms with Crippen molar-refractivity contribution in [1.29, 1.82) is 0 Å². The van der Waals surface area contributed by atoms with Gasteiger partial charge in [0.1, 0.15) is 11.2 Å². The first-order valence-corrected chi connectivity index (χ1v) is 18.1. The third-order valence-electron chi connectivity index (χ3n) is 9.62. The van der Waals surface area contributed by atoms with Crippen molar-refractivity contribution in [3.63, 3.8) is 0 Å². The van der Waals surface area contributed by atoms with Crippen LogP contribution >= 0.6 is 0 Å². The molecule has 2 amide bonds. The Labute approximate surface area is 291 Å². The summed E-state index contributed by atoms with van der Waals surface area (Å²) in [4.78, 5) is 29.7. The number of likely N-dealkylation sites (tertiary alicyclic amines) is 2. The molecule has 6 rings (SSSR count). The number of benzene rings is 2. The fourth-order valence-corrected chi connectivity index (χ4v) is 7.49. The summed E-state index contributed by atoms with van der Waals surface area (Å²) in [7, 11) is 0. The Balaban J connectivity index is 1.06. The van der Waals surface area contributed by atoms with Crippen LogP contribution in [0.1, 0.15) is 78.4 Å². The number of para-hydroxylation sites is 2. The summed E-state index contributed by atoms with van der Waals surface area (Å²) >= 11 is 0. The standard InChI is InChI=1S/C40H54N4O5/c1-39(2,3)48-37(45)43-19-11-13-31(43)25-29-27-41(35-17-9-7-15-33(29)35)21-23-47-24-22-42-28-30(34-16-8-10-18-36(34)42)26-32-14-12-20-44(32)38(46)49-40(4,5)6/h7-10,15-18,27-28,31-32H,11-14,19-26H2,1-6H3/t31-,32-/m0/s1. The summed E-state index contributed by atoms with van der Waals surface area (Å²) in [6, 6.07) is 17.3. The largest absolute Gasteiger partial charge is 0.444 e. The summed E-state index contributed by atoms with van der Waals surface area (Å²) in [5.41, 5.74) is 3.90. The zero-order chi connectivity index (χ0) is 34.8. The number of fused-ring (bicyclic) bond motifs is 2. The van der Waals surface area contributed by atoms with Gasteiger partial charge in [-0.3, -0.25) is 0 Å². The predicted octanol–water partition coefficient (Wildman–Crippen LogP) is 8.20. The maximum atomic E-state index is 12.9. The Morgan fingerprint density at radius 3 is 1.47 bits per heavy atom. The van der Waals surface area contributed by atoms with E-state index in [0.29, 0.717) is 13.2 Å². The number of aromatic nitrogens is 2. The molecule has 2 aliphatic rings. The highest BCUT2D eigenvalue weighted by molar-refractivity contribution is 5.85. The van der Waals surface area contributed by atoms with Crippen molar-refractivity contribution >= 4 is 34.0 Å². The smallest absolute Gasteiger partial charge is 0.410 e. The highest BCUT2D eigenvalue weighted by Gasteiger charge is 2.34. The minimum Gasteiger partial charge on any atom is -0.444 e. The van der Waals surface area contributed by atoms with E-state index in [1.54, 1.807) is 0 Å².